The first-order valence-electron chi connectivity index (χ1n) is 7.49. The summed E-state index contributed by atoms with van der Waals surface area (Å²) in [5, 5.41) is 3.35. The number of nitrogens with zero attached hydrogens (tertiary/aromatic N) is 1. The zero-order chi connectivity index (χ0) is 14.5. The third-order valence-corrected chi connectivity index (χ3v) is 4.50. The van der Waals surface area contributed by atoms with E-state index in [1.165, 1.54) is 24.1 Å². The zero-order valence-electron chi connectivity index (χ0n) is 12.7. The minimum atomic E-state index is 0.343. The van der Waals surface area contributed by atoms with E-state index in [1.807, 2.05) is 7.05 Å². The number of nitrogens with one attached hydrogen (secondary N) is 1. The molecule has 3 nitrogen and oxygen atoms in total. The number of ether oxygens (including phenoxy) is 1. The van der Waals surface area contributed by atoms with E-state index in [9.17, 15) is 0 Å². The minimum Gasteiger partial charge on any atom is -0.377 e. The van der Waals surface area contributed by atoms with Crippen LogP contribution in [0.3, 0.4) is 0 Å². The predicted molar refractivity (Wildman–Crippen MR) is 88.5 cm³/mol. The summed E-state index contributed by atoms with van der Waals surface area (Å²) in [6, 6.07) is 6.92. The number of benzene rings is 1. The van der Waals surface area contributed by atoms with Crippen molar-refractivity contribution >= 4 is 21.6 Å². The number of rotatable bonds is 5. The summed E-state index contributed by atoms with van der Waals surface area (Å²) in [7, 11) is 2.01. The van der Waals surface area contributed by atoms with Crippen LogP contribution in [0.4, 0.5) is 5.69 Å². The predicted octanol–water partition coefficient (Wildman–Crippen LogP) is 3.73. The Kier molecular flexibility index (Phi) is 5.87. The van der Waals surface area contributed by atoms with E-state index in [1.54, 1.807) is 0 Å². The Morgan fingerprint density at radius 3 is 3.00 bits per heavy atom. The SMILES string of the molecule is CCOC1CCCN(c2ccc(Br)cc2C(C)NC)C1. The molecule has 0 aliphatic carbocycles. The van der Waals surface area contributed by atoms with E-state index >= 15 is 0 Å². The van der Waals surface area contributed by atoms with Crippen LogP contribution in [-0.2, 0) is 4.74 Å². The van der Waals surface area contributed by atoms with Gasteiger partial charge < -0.3 is 15.0 Å². The normalized spacial score (nSPS) is 21.0. The Bertz CT molecular complexity index is 436. The van der Waals surface area contributed by atoms with E-state index in [-0.39, 0.29) is 0 Å². The number of hydrogen-bond donors (Lipinski definition) is 1. The van der Waals surface area contributed by atoms with Gasteiger partial charge in [0.15, 0.2) is 0 Å². The van der Waals surface area contributed by atoms with E-state index in [0.29, 0.717) is 12.1 Å². The number of hydrogen-bond acceptors (Lipinski definition) is 3. The van der Waals surface area contributed by atoms with Crippen molar-refractivity contribution in [2.45, 2.75) is 38.8 Å². The summed E-state index contributed by atoms with van der Waals surface area (Å²) in [6.45, 7) is 7.20. The van der Waals surface area contributed by atoms with Gasteiger partial charge >= 0.3 is 0 Å². The van der Waals surface area contributed by atoms with Crippen LogP contribution in [0.1, 0.15) is 38.3 Å². The first kappa shape index (κ1) is 15.8. The first-order chi connectivity index (χ1) is 9.65. The van der Waals surface area contributed by atoms with Gasteiger partial charge in [0, 0.05) is 35.9 Å². The summed E-state index contributed by atoms with van der Waals surface area (Å²) in [5.74, 6) is 0. The molecule has 0 bridgehead atoms. The fourth-order valence-corrected chi connectivity index (χ4v) is 3.22. The quantitative estimate of drug-likeness (QED) is 0.883. The van der Waals surface area contributed by atoms with Gasteiger partial charge in [0.2, 0.25) is 0 Å². The monoisotopic (exact) mass is 340 g/mol. The highest BCUT2D eigenvalue weighted by molar-refractivity contribution is 9.10. The highest BCUT2D eigenvalue weighted by atomic mass is 79.9. The van der Waals surface area contributed by atoms with Crippen LogP contribution in [0, 0.1) is 0 Å². The Labute approximate surface area is 130 Å². The fraction of sp³-hybridized carbons (Fsp3) is 0.625. The molecule has 1 aromatic carbocycles. The van der Waals surface area contributed by atoms with Crippen molar-refractivity contribution < 1.29 is 4.74 Å². The largest absolute Gasteiger partial charge is 0.377 e. The van der Waals surface area contributed by atoms with Gasteiger partial charge in [-0.25, -0.2) is 0 Å². The molecule has 112 valence electrons. The van der Waals surface area contributed by atoms with Crippen LogP contribution in [0.2, 0.25) is 0 Å². The molecule has 1 heterocycles. The average molecular weight is 341 g/mol. The molecule has 1 aromatic rings. The second kappa shape index (κ2) is 7.43. The van der Waals surface area contributed by atoms with E-state index < -0.39 is 0 Å². The van der Waals surface area contributed by atoms with Gasteiger partial charge in [0.05, 0.1) is 6.10 Å². The molecule has 4 heteroatoms. The van der Waals surface area contributed by atoms with E-state index in [4.69, 9.17) is 4.74 Å². The van der Waals surface area contributed by atoms with E-state index in [2.05, 4.69) is 58.2 Å². The van der Waals surface area contributed by atoms with Crippen molar-refractivity contribution in [3.63, 3.8) is 0 Å². The molecule has 1 N–H and O–H groups in total. The van der Waals surface area contributed by atoms with Crippen molar-refractivity contribution in [1.82, 2.24) is 5.32 Å². The lowest BCUT2D eigenvalue weighted by molar-refractivity contribution is 0.0526. The molecule has 1 aliphatic heterocycles. The van der Waals surface area contributed by atoms with Gasteiger partial charge in [-0.3, -0.25) is 0 Å². The standard InChI is InChI=1S/C16H25BrN2O/c1-4-20-14-6-5-9-19(11-14)16-8-7-13(17)10-15(16)12(2)18-3/h7-8,10,12,14,18H,4-6,9,11H2,1-3H3. The Balaban J connectivity index is 2.22. The molecule has 0 amide bonds. The maximum atomic E-state index is 5.82. The van der Waals surface area contributed by atoms with Crippen LogP contribution < -0.4 is 10.2 Å². The highest BCUT2D eigenvalue weighted by Gasteiger charge is 2.23. The molecule has 1 saturated heterocycles. The van der Waals surface area contributed by atoms with Crippen LogP contribution in [0.15, 0.2) is 22.7 Å². The fourth-order valence-electron chi connectivity index (χ4n) is 2.84. The number of halogens is 1. The molecule has 0 spiro atoms. The highest BCUT2D eigenvalue weighted by Crippen LogP contribution is 2.31. The lowest BCUT2D eigenvalue weighted by Gasteiger charge is -2.36. The summed E-state index contributed by atoms with van der Waals surface area (Å²) < 4.78 is 6.95. The maximum Gasteiger partial charge on any atom is 0.0750 e. The zero-order valence-corrected chi connectivity index (χ0v) is 14.2. The van der Waals surface area contributed by atoms with Crippen LogP contribution in [0.5, 0.6) is 0 Å². The number of piperidine rings is 1. The summed E-state index contributed by atoms with van der Waals surface area (Å²) >= 11 is 3.58. The molecular weight excluding hydrogens is 316 g/mol. The van der Waals surface area contributed by atoms with Gasteiger partial charge in [0.25, 0.3) is 0 Å². The molecule has 2 unspecified atom stereocenters. The van der Waals surface area contributed by atoms with Crippen molar-refractivity contribution in [3.05, 3.63) is 28.2 Å². The second-order valence-corrected chi connectivity index (χ2v) is 6.29. The molecule has 0 saturated carbocycles. The topological polar surface area (TPSA) is 24.5 Å². The first-order valence-corrected chi connectivity index (χ1v) is 8.28. The van der Waals surface area contributed by atoms with Gasteiger partial charge in [-0.2, -0.15) is 0 Å². The Hall–Kier alpha value is -0.580. The van der Waals surface area contributed by atoms with Gasteiger partial charge in [-0.1, -0.05) is 15.9 Å². The van der Waals surface area contributed by atoms with Crippen molar-refractivity contribution in [2.24, 2.45) is 0 Å². The van der Waals surface area contributed by atoms with Gasteiger partial charge in [-0.15, -0.1) is 0 Å². The van der Waals surface area contributed by atoms with Crippen molar-refractivity contribution in [2.75, 3.05) is 31.6 Å². The molecular formula is C16H25BrN2O. The third-order valence-electron chi connectivity index (χ3n) is 4.01. The molecule has 2 atom stereocenters. The Morgan fingerprint density at radius 1 is 1.50 bits per heavy atom. The lowest BCUT2D eigenvalue weighted by Crippen LogP contribution is -2.40. The number of anilines is 1. The van der Waals surface area contributed by atoms with Crippen LogP contribution >= 0.6 is 15.9 Å². The summed E-state index contributed by atoms with van der Waals surface area (Å²) in [6.07, 6.45) is 2.75. The molecule has 20 heavy (non-hydrogen) atoms. The molecule has 1 aliphatic rings. The molecule has 2 rings (SSSR count). The molecule has 1 fully saturated rings. The molecule has 0 aromatic heterocycles. The second-order valence-electron chi connectivity index (χ2n) is 5.38. The van der Waals surface area contributed by atoms with Crippen molar-refractivity contribution in [1.29, 1.82) is 0 Å². The lowest BCUT2D eigenvalue weighted by atomic mass is 10.0. The summed E-state index contributed by atoms with van der Waals surface area (Å²) in [5.41, 5.74) is 2.68. The smallest absolute Gasteiger partial charge is 0.0750 e. The maximum absolute atomic E-state index is 5.82. The van der Waals surface area contributed by atoms with Crippen molar-refractivity contribution in [3.8, 4) is 0 Å². The average Bonchev–Trinajstić information content (AvgIpc) is 2.47. The Morgan fingerprint density at radius 2 is 2.30 bits per heavy atom. The third kappa shape index (κ3) is 3.74. The van der Waals surface area contributed by atoms with E-state index in [0.717, 1.165) is 24.2 Å². The van der Waals surface area contributed by atoms with Gasteiger partial charge in [0.1, 0.15) is 0 Å². The van der Waals surface area contributed by atoms with Crippen LogP contribution in [-0.4, -0.2) is 32.8 Å². The summed E-state index contributed by atoms with van der Waals surface area (Å²) in [4.78, 5) is 2.47. The van der Waals surface area contributed by atoms with Gasteiger partial charge in [-0.05, 0) is 57.5 Å². The minimum absolute atomic E-state index is 0.343. The molecule has 0 radical (unpaired) electrons. The van der Waals surface area contributed by atoms with Crippen LogP contribution in [0.25, 0.3) is 0 Å².